The number of halogens is 4. The predicted molar refractivity (Wildman–Crippen MR) is 151 cm³/mol. The van der Waals surface area contributed by atoms with Crippen LogP contribution in [0, 0.1) is 0 Å². The number of H-pyrrole nitrogens is 1. The fourth-order valence-corrected chi connectivity index (χ4v) is 5.12. The van der Waals surface area contributed by atoms with Crippen LogP contribution in [0.15, 0.2) is 85.5 Å². The number of benzene rings is 3. The van der Waals surface area contributed by atoms with E-state index in [4.69, 9.17) is 23.2 Å². The minimum absolute atomic E-state index is 0.0719. The number of hydrogen-bond donors (Lipinski definition) is 1. The van der Waals surface area contributed by atoms with Gasteiger partial charge < -0.3 is 4.98 Å². The molecule has 0 unspecified atom stereocenters. The Labute approximate surface area is 234 Å². The summed E-state index contributed by atoms with van der Waals surface area (Å²) in [5, 5.41) is 10.6. The Balaban J connectivity index is 1.75. The molecular weight excluding hydrogens is 647 g/mol. The molecule has 3 heterocycles. The molecule has 0 aliphatic rings. The highest BCUT2D eigenvalue weighted by molar-refractivity contribution is 9.13. The second-order valence-electron chi connectivity index (χ2n) is 8.06. The maximum Gasteiger partial charge on any atom is 0.333 e. The topological polar surface area (TPSA) is 98.5 Å². The van der Waals surface area contributed by atoms with Gasteiger partial charge in [0.05, 0.1) is 33.1 Å². The first-order valence-corrected chi connectivity index (χ1v) is 13.1. The number of pyridine rings is 1. The van der Waals surface area contributed by atoms with Crippen LogP contribution in [0.1, 0.15) is 0 Å². The molecule has 0 amide bonds. The van der Waals surface area contributed by atoms with Crippen LogP contribution in [0.25, 0.3) is 44.4 Å². The molecule has 0 spiro atoms. The number of aromatic amines is 1. The van der Waals surface area contributed by atoms with Crippen molar-refractivity contribution < 1.29 is 0 Å². The Kier molecular flexibility index (Phi) is 5.99. The maximum absolute atomic E-state index is 14.2. The fraction of sp³-hybridized carbons (Fsp3) is 0. The third kappa shape index (κ3) is 4.00. The van der Waals surface area contributed by atoms with Crippen molar-refractivity contribution >= 4 is 76.9 Å². The fourth-order valence-electron chi connectivity index (χ4n) is 4.16. The van der Waals surface area contributed by atoms with Gasteiger partial charge in [-0.2, -0.15) is 0 Å². The summed E-state index contributed by atoms with van der Waals surface area (Å²) in [7, 11) is 0. The van der Waals surface area contributed by atoms with Crippen molar-refractivity contribution in [1.82, 2.24) is 29.5 Å². The van der Waals surface area contributed by atoms with Gasteiger partial charge in [0, 0.05) is 31.5 Å². The lowest BCUT2D eigenvalue weighted by Crippen LogP contribution is -2.37. The minimum atomic E-state index is -0.652. The van der Waals surface area contributed by atoms with E-state index in [1.54, 1.807) is 36.5 Å². The molecule has 12 heteroatoms. The van der Waals surface area contributed by atoms with Crippen LogP contribution in [-0.4, -0.2) is 29.5 Å². The average molecular weight is 659 g/mol. The zero-order chi connectivity index (χ0) is 25.8. The number of nitrogens with zero attached hydrogens (tertiary/aromatic N) is 5. The Hall–Kier alpha value is -3.31. The van der Waals surface area contributed by atoms with Crippen molar-refractivity contribution in [2.45, 2.75) is 0 Å². The van der Waals surface area contributed by atoms with E-state index < -0.39 is 11.2 Å². The van der Waals surface area contributed by atoms with E-state index in [9.17, 15) is 9.59 Å². The van der Waals surface area contributed by atoms with E-state index in [1.807, 2.05) is 24.3 Å². The van der Waals surface area contributed by atoms with E-state index >= 15 is 0 Å². The summed E-state index contributed by atoms with van der Waals surface area (Å²) in [4.78, 5) is 34.8. The Morgan fingerprint density at radius 2 is 1.68 bits per heavy atom. The summed E-state index contributed by atoms with van der Waals surface area (Å²) in [6.07, 6.45) is 3.15. The van der Waals surface area contributed by atoms with Gasteiger partial charge in [0.1, 0.15) is 5.52 Å². The van der Waals surface area contributed by atoms with Gasteiger partial charge in [0.25, 0.3) is 5.56 Å². The molecule has 6 rings (SSSR count). The van der Waals surface area contributed by atoms with E-state index in [-0.39, 0.29) is 16.4 Å². The first kappa shape index (κ1) is 24.1. The maximum atomic E-state index is 14.2. The molecule has 8 nitrogen and oxygen atoms in total. The van der Waals surface area contributed by atoms with Gasteiger partial charge >= 0.3 is 5.69 Å². The van der Waals surface area contributed by atoms with Crippen LogP contribution in [0.2, 0.25) is 10.0 Å². The number of fused-ring (bicyclic) bond motifs is 2. The molecule has 0 bridgehead atoms. The lowest BCUT2D eigenvalue weighted by Gasteiger charge is -2.14. The molecule has 0 atom stereocenters. The summed E-state index contributed by atoms with van der Waals surface area (Å²) in [6.45, 7) is 0. The van der Waals surface area contributed by atoms with Crippen LogP contribution in [0.3, 0.4) is 0 Å². The molecule has 0 aliphatic carbocycles. The summed E-state index contributed by atoms with van der Waals surface area (Å²) in [5.74, 6) is 0. The molecule has 0 radical (unpaired) electrons. The van der Waals surface area contributed by atoms with Crippen molar-refractivity contribution in [2.75, 3.05) is 0 Å². The van der Waals surface area contributed by atoms with Gasteiger partial charge in [-0.15, -0.1) is 5.10 Å². The molecule has 3 aromatic heterocycles. The van der Waals surface area contributed by atoms with Gasteiger partial charge in [0.15, 0.2) is 5.69 Å². The van der Waals surface area contributed by atoms with E-state index in [2.05, 4.69) is 52.1 Å². The van der Waals surface area contributed by atoms with Crippen molar-refractivity contribution in [3.63, 3.8) is 0 Å². The van der Waals surface area contributed by atoms with E-state index in [1.165, 1.54) is 10.9 Å². The lowest BCUT2D eigenvalue weighted by atomic mass is 10.1. The zero-order valence-corrected chi connectivity index (χ0v) is 23.1. The summed E-state index contributed by atoms with van der Waals surface area (Å²) >= 11 is 19.4. The molecule has 0 fully saturated rings. The van der Waals surface area contributed by atoms with Crippen molar-refractivity contribution in [3.05, 3.63) is 107 Å². The van der Waals surface area contributed by atoms with E-state index in [0.717, 1.165) is 18.9 Å². The smallest absolute Gasteiger partial charge is 0.304 e. The second-order valence-corrected chi connectivity index (χ2v) is 10.6. The van der Waals surface area contributed by atoms with Gasteiger partial charge in [-0.25, -0.2) is 14.0 Å². The van der Waals surface area contributed by atoms with E-state index in [0.29, 0.717) is 32.7 Å². The minimum Gasteiger partial charge on any atom is -0.304 e. The second kappa shape index (κ2) is 9.21. The molecule has 1 N–H and O–H groups in total. The molecule has 182 valence electrons. The first-order chi connectivity index (χ1) is 17.8. The number of aromatic nitrogens is 6. The molecule has 0 saturated carbocycles. The largest absolute Gasteiger partial charge is 0.333 e. The molecule has 3 aromatic carbocycles. The Morgan fingerprint density at radius 1 is 0.892 bits per heavy atom. The molecule has 0 saturated heterocycles. The Bertz CT molecular complexity index is 2000. The lowest BCUT2D eigenvalue weighted by molar-refractivity contribution is 0.779. The van der Waals surface area contributed by atoms with Crippen LogP contribution in [0.4, 0.5) is 0 Å². The molecular formula is C25H12Br2Cl2N6O2. The third-order valence-corrected chi connectivity index (χ3v) is 8.46. The number of nitrogens with one attached hydrogen (secondary N) is 1. The first-order valence-electron chi connectivity index (χ1n) is 10.7. The van der Waals surface area contributed by atoms with Crippen LogP contribution in [-0.2, 0) is 0 Å². The molecule has 0 aliphatic heterocycles. The number of rotatable bonds is 3. The van der Waals surface area contributed by atoms with Gasteiger partial charge in [-0.3, -0.25) is 9.78 Å². The van der Waals surface area contributed by atoms with Gasteiger partial charge in [-0.05, 0) is 56.1 Å². The van der Waals surface area contributed by atoms with Gasteiger partial charge in [0.2, 0.25) is 0 Å². The highest BCUT2D eigenvalue weighted by Crippen LogP contribution is 2.32. The normalized spacial score (nSPS) is 11.5. The monoisotopic (exact) mass is 656 g/mol. The van der Waals surface area contributed by atoms with Crippen LogP contribution >= 0.6 is 55.1 Å². The highest BCUT2D eigenvalue weighted by Gasteiger charge is 2.23. The summed E-state index contributed by atoms with van der Waals surface area (Å²) in [6, 6.07) is 15.8. The molecule has 6 aromatic rings. The summed E-state index contributed by atoms with van der Waals surface area (Å²) in [5.41, 5.74) is 0.908. The summed E-state index contributed by atoms with van der Waals surface area (Å²) < 4.78 is 3.96. The third-order valence-electron chi connectivity index (χ3n) is 5.87. The van der Waals surface area contributed by atoms with Crippen LogP contribution < -0.4 is 11.2 Å². The van der Waals surface area contributed by atoms with Crippen molar-refractivity contribution in [2.24, 2.45) is 0 Å². The predicted octanol–water partition coefficient (Wildman–Crippen LogP) is 6.31. The average Bonchev–Trinajstić information content (AvgIpc) is 3.27. The highest BCUT2D eigenvalue weighted by atomic mass is 79.9. The Morgan fingerprint density at radius 3 is 2.49 bits per heavy atom. The van der Waals surface area contributed by atoms with Gasteiger partial charge in [-0.1, -0.05) is 58.7 Å². The SMILES string of the molecule is O=c1[nH]c(-c2ccc(Cl)c(Cl)c2)c(-n2nnc3cc(Br)c(Br)cc32)c(=O)n1-c1cncc2ccccc12. The quantitative estimate of drug-likeness (QED) is 0.241. The van der Waals surface area contributed by atoms with Crippen molar-refractivity contribution in [3.8, 4) is 22.6 Å². The molecule has 37 heavy (non-hydrogen) atoms. The van der Waals surface area contributed by atoms with Crippen LogP contribution in [0.5, 0.6) is 0 Å². The zero-order valence-electron chi connectivity index (χ0n) is 18.4. The standard InChI is InChI=1S/C25H12Br2Cl2N6O2/c26-15-8-19-20(9-16(15)27)35(33-32-19)23-22(12-5-6-17(28)18(29)7-12)31-25(37)34(24(23)36)21-11-30-10-13-3-1-2-4-14(13)21/h1-11H,(H,31,37). The number of hydrogen-bond acceptors (Lipinski definition) is 5. The van der Waals surface area contributed by atoms with Crippen molar-refractivity contribution in [1.29, 1.82) is 0 Å².